The monoisotopic (exact) mass is 303 g/mol. The summed E-state index contributed by atoms with van der Waals surface area (Å²) in [6.07, 6.45) is 0.530. The molecule has 0 saturated carbocycles. The first kappa shape index (κ1) is 15.0. The van der Waals surface area contributed by atoms with Crippen LogP contribution in [0.15, 0.2) is 42.5 Å². The second-order valence-electron chi connectivity index (χ2n) is 5.80. The molecule has 0 aliphatic carbocycles. The Morgan fingerprint density at radius 2 is 1.95 bits per heavy atom. The van der Waals surface area contributed by atoms with Gasteiger partial charge >= 0.3 is 0 Å². The number of halogens is 2. The smallest absolute Gasteiger partial charge is 0.128 e. The number of phenols is 1. The zero-order chi connectivity index (χ0) is 15.5. The lowest BCUT2D eigenvalue weighted by Gasteiger charge is -2.29. The van der Waals surface area contributed by atoms with Gasteiger partial charge in [-0.25, -0.2) is 8.78 Å². The Kier molecular flexibility index (Phi) is 4.39. The molecule has 1 atom stereocenters. The van der Waals surface area contributed by atoms with Gasteiger partial charge in [0.1, 0.15) is 17.7 Å². The summed E-state index contributed by atoms with van der Waals surface area (Å²) in [5.41, 5.74) is 1.65. The van der Waals surface area contributed by atoms with E-state index in [0.717, 1.165) is 18.5 Å². The highest BCUT2D eigenvalue weighted by atomic mass is 19.1. The maximum Gasteiger partial charge on any atom is 0.128 e. The van der Waals surface area contributed by atoms with Crippen LogP contribution < -0.4 is 0 Å². The number of aromatic hydroxyl groups is 1. The number of alkyl halides is 1. The zero-order valence-electron chi connectivity index (χ0n) is 12.3. The van der Waals surface area contributed by atoms with E-state index in [1.807, 2.05) is 35.2 Å². The van der Waals surface area contributed by atoms with E-state index in [1.165, 1.54) is 12.1 Å². The third-order valence-corrected chi connectivity index (χ3v) is 4.09. The van der Waals surface area contributed by atoms with E-state index in [-0.39, 0.29) is 11.6 Å². The quantitative estimate of drug-likeness (QED) is 0.921. The summed E-state index contributed by atoms with van der Waals surface area (Å²) < 4.78 is 27.8. The number of likely N-dealkylation sites (tertiary alicyclic amines) is 1. The number of nitrogens with zero attached hydrogens (tertiary/aromatic N) is 1. The second kappa shape index (κ2) is 6.44. The van der Waals surface area contributed by atoms with Gasteiger partial charge < -0.3 is 5.11 Å². The van der Waals surface area contributed by atoms with Crippen LogP contribution >= 0.6 is 0 Å². The van der Waals surface area contributed by atoms with Crippen LogP contribution in [0.2, 0.25) is 0 Å². The maximum atomic E-state index is 14.3. The third kappa shape index (κ3) is 3.28. The highest BCUT2D eigenvalue weighted by molar-refractivity contribution is 5.70. The highest BCUT2D eigenvalue weighted by Crippen LogP contribution is 2.32. The van der Waals surface area contributed by atoms with Gasteiger partial charge in [0.25, 0.3) is 0 Å². The minimum atomic E-state index is -0.839. The van der Waals surface area contributed by atoms with Crippen molar-refractivity contribution in [2.75, 3.05) is 13.1 Å². The number of hydrogen-bond acceptors (Lipinski definition) is 2. The average Bonchev–Trinajstić information content (AvgIpc) is 2.51. The fourth-order valence-electron chi connectivity index (χ4n) is 2.96. The van der Waals surface area contributed by atoms with E-state index in [9.17, 15) is 13.9 Å². The van der Waals surface area contributed by atoms with Crippen molar-refractivity contribution in [2.45, 2.75) is 25.6 Å². The molecule has 0 amide bonds. The predicted molar refractivity (Wildman–Crippen MR) is 82.9 cm³/mol. The van der Waals surface area contributed by atoms with Crippen molar-refractivity contribution < 1.29 is 13.9 Å². The van der Waals surface area contributed by atoms with Crippen LogP contribution in [0.3, 0.4) is 0 Å². The zero-order valence-corrected chi connectivity index (χ0v) is 12.3. The van der Waals surface area contributed by atoms with Gasteiger partial charge in [0.15, 0.2) is 0 Å². The summed E-state index contributed by atoms with van der Waals surface area (Å²) in [5, 5.41) is 10.2. The molecule has 0 bridgehead atoms. The normalized spacial score (nSPS) is 19.3. The maximum absolute atomic E-state index is 14.3. The summed E-state index contributed by atoms with van der Waals surface area (Å²) in [6, 6.07) is 12.0. The summed E-state index contributed by atoms with van der Waals surface area (Å²) in [6.45, 7) is 1.43. The molecule has 3 rings (SSSR count). The predicted octanol–water partition coefficient (Wildman–Crippen LogP) is 4.13. The first-order chi connectivity index (χ1) is 10.6. The van der Waals surface area contributed by atoms with Gasteiger partial charge in [-0.2, -0.15) is 0 Å². The third-order valence-electron chi connectivity index (χ3n) is 4.09. The molecule has 1 saturated heterocycles. The lowest BCUT2D eigenvalue weighted by molar-refractivity contribution is 0.131. The molecule has 0 aromatic heterocycles. The lowest BCUT2D eigenvalue weighted by atomic mass is 10.0. The minimum Gasteiger partial charge on any atom is -0.507 e. The molecule has 1 unspecified atom stereocenters. The van der Waals surface area contributed by atoms with Crippen LogP contribution in [-0.2, 0) is 6.54 Å². The molecule has 1 fully saturated rings. The van der Waals surface area contributed by atoms with Crippen LogP contribution in [0.25, 0.3) is 11.1 Å². The Hall–Kier alpha value is -1.94. The lowest BCUT2D eigenvalue weighted by Crippen LogP contribution is -2.36. The van der Waals surface area contributed by atoms with E-state index in [0.29, 0.717) is 30.6 Å². The standard InChI is InChI=1S/C18H19F2NO/c19-15-7-4-8-21(12-15)11-14-9-18(22)16(10-17(14)20)13-5-2-1-3-6-13/h1-3,5-6,9-10,15,22H,4,7-8,11-12H2. The van der Waals surface area contributed by atoms with Gasteiger partial charge in [-0.1, -0.05) is 30.3 Å². The first-order valence-corrected chi connectivity index (χ1v) is 7.56. The molecule has 1 N–H and O–H groups in total. The topological polar surface area (TPSA) is 23.5 Å². The molecule has 1 aliphatic heterocycles. The van der Waals surface area contributed by atoms with Gasteiger partial charge in [0.2, 0.25) is 0 Å². The Labute approximate surface area is 129 Å². The van der Waals surface area contributed by atoms with Gasteiger partial charge in [-0.05, 0) is 37.1 Å². The Balaban J connectivity index is 1.83. The van der Waals surface area contributed by atoms with Crippen molar-refractivity contribution in [3.63, 3.8) is 0 Å². The Morgan fingerprint density at radius 3 is 2.68 bits per heavy atom. The largest absolute Gasteiger partial charge is 0.507 e. The van der Waals surface area contributed by atoms with Crippen LogP contribution in [0.1, 0.15) is 18.4 Å². The van der Waals surface area contributed by atoms with E-state index < -0.39 is 6.17 Å². The Morgan fingerprint density at radius 1 is 1.18 bits per heavy atom. The van der Waals surface area contributed by atoms with E-state index >= 15 is 0 Å². The van der Waals surface area contributed by atoms with Crippen molar-refractivity contribution >= 4 is 0 Å². The SMILES string of the molecule is Oc1cc(CN2CCCC(F)C2)c(F)cc1-c1ccccc1. The number of phenolic OH excluding ortho intramolecular Hbond substituents is 1. The molecule has 1 heterocycles. The molecule has 116 valence electrons. The van der Waals surface area contributed by atoms with Gasteiger partial charge in [0.05, 0.1) is 0 Å². The van der Waals surface area contributed by atoms with E-state index in [2.05, 4.69) is 0 Å². The summed E-state index contributed by atoms with van der Waals surface area (Å²) in [4.78, 5) is 1.90. The highest BCUT2D eigenvalue weighted by Gasteiger charge is 2.21. The van der Waals surface area contributed by atoms with Crippen molar-refractivity contribution in [3.8, 4) is 16.9 Å². The van der Waals surface area contributed by atoms with E-state index in [4.69, 9.17) is 0 Å². The van der Waals surface area contributed by atoms with Crippen LogP contribution in [0, 0.1) is 5.82 Å². The van der Waals surface area contributed by atoms with Crippen LogP contribution in [0.4, 0.5) is 8.78 Å². The number of benzene rings is 2. The molecular formula is C18H19F2NO. The average molecular weight is 303 g/mol. The Bertz CT molecular complexity index is 645. The van der Waals surface area contributed by atoms with Gasteiger partial charge in [-0.15, -0.1) is 0 Å². The molecule has 22 heavy (non-hydrogen) atoms. The second-order valence-corrected chi connectivity index (χ2v) is 5.80. The van der Waals surface area contributed by atoms with Crippen molar-refractivity contribution in [1.29, 1.82) is 0 Å². The molecular weight excluding hydrogens is 284 g/mol. The van der Waals surface area contributed by atoms with Gasteiger partial charge in [0, 0.05) is 24.2 Å². The van der Waals surface area contributed by atoms with Crippen LogP contribution in [-0.4, -0.2) is 29.3 Å². The summed E-state index contributed by atoms with van der Waals surface area (Å²) in [5.74, 6) is -0.311. The number of piperidine rings is 1. The first-order valence-electron chi connectivity index (χ1n) is 7.56. The van der Waals surface area contributed by atoms with E-state index in [1.54, 1.807) is 0 Å². The number of hydrogen-bond donors (Lipinski definition) is 1. The fourth-order valence-corrected chi connectivity index (χ4v) is 2.96. The molecule has 0 spiro atoms. The summed E-state index contributed by atoms with van der Waals surface area (Å²) in [7, 11) is 0. The molecule has 4 heteroatoms. The molecule has 2 aromatic carbocycles. The van der Waals surface area contributed by atoms with Crippen molar-refractivity contribution in [3.05, 3.63) is 53.8 Å². The number of rotatable bonds is 3. The molecule has 1 aliphatic rings. The fraction of sp³-hybridized carbons (Fsp3) is 0.333. The van der Waals surface area contributed by atoms with Crippen molar-refractivity contribution in [1.82, 2.24) is 4.90 Å². The summed E-state index contributed by atoms with van der Waals surface area (Å²) >= 11 is 0. The van der Waals surface area contributed by atoms with Gasteiger partial charge in [-0.3, -0.25) is 4.90 Å². The molecule has 2 aromatic rings. The minimum absolute atomic E-state index is 0.0522. The molecule has 2 nitrogen and oxygen atoms in total. The van der Waals surface area contributed by atoms with Crippen LogP contribution in [0.5, 0.6) is 5.75 Å². The van der Waals surface area contributed by atoms with Crippen molar-refractivity contribution in [2.24, 2.45) is 0 Å². The molecule has 0 radical (unpaired) electrons.